The summed E-state index contributed by atoms with van der Waals surface area (Å²) in [5.74, 6) is 1.76. The van der Waals surface area contributed by atoms with Crippen LogP contribution in [-0.4, -0.2) is 24.0 Å². The summed E-state index contributed by atoms with van der Waals surface area (Å²) < 4.78 is 12.2. The van der Waals surface area contributed by atoms with Crippen LogP contribution < -0.4 is 9.47 Å². The second kappa shape index (κ2) is 9.47. The van der Waals surface area contributed by atoms with E-state index in [2.05, 4.69) is 29.2 Å². The number of nitrogens with zero attached hydrogens (tertiary/aromatic N) is 1. The Balaban J connectivity index is 1.31. The zero-order valence-electron chi connectivity index (χ0n) is 18.8. The Morgan fingerprint density at radius 2 is 1.79 bits per heavy atom. The van der Waals surface area contributed by atoms with Crippen LogP contribution in [0.5, 0.6) is 11.5 Å². The topological polar surface area (TPSA) is 38.8 Å². The van der Waals surface area contributed by atoms with Crippen molar-refractivity contribution in [2.75, 3.05) is 13.3 Å². The standard InChI is InChI=1S/C29H27NO3/c1-21-18-26-24(19-30(20-32-26)17-9-15-23-12-6-3-7-13-23)29-27(21)28(31)25(33-29)16-8-14-22-10-4-2-5-11-22/h2-8,10-14,16,18H,9,15,17,19-20H2,1H3/b14-8+,25-16-. The summed E-state index contributed by atoms with van der Waals surface area (Å²) in [6, 6.07) is 22.5. The minimum atomic E-state index is -0.0655. The molecule has 0 saturated carbocycles. The van der Waals surface area contributed by atoms with Crippen LogP contribution in [0.15, 0.2) is 84.6 Å². The minimum absolute atomic E-state index is 0.0655. The molecule has 0 radical (unpaired) electrons. The number of hydrogen-bond donors (Lipinski definition) is 0. The average Bonchev–Trinajstić information content (AvgIpc) is 3.18. The molecule has 33 heavy (non-hydrogen) atoms. The Bertz CT molecular complexity index is 1210. The van der Waals surface area contributed by atoms with Gasteiger partial charge in [0, 0.05) is 13.1 Å². The fraction of sp³-hybridized carbons (Fsp3) is 0.207. The van der Waals surface area contributed by atoms with Crippen molar-refractivity contribution in [1.82, 2.24) is 4.90 Å². The van der Waals surface area contributed by atoms with Crippen LogP contribution in [0.1, 0.15) is 39.0 Å². The Kier molecular flexibility index (Phi) is 6.09. The lowest BCUT2D eigenvalue weighted by Crippen LogP contribution is -2.33. The number of fused-ring (bicyclic) bond motifs is 3. The number of allylic oxidation sites excluding steroid dienone is 3. The van der Waals surface area contributed by atoms with Crippen molar-refractivity contribution in [2.24, 2.45) is 0 Å². The lowest BCUT2D eigenvalue weighted by Gasteiger charge is -2.30. The normalized spacial score (nSPS) is 16.5. The molecule has 2 aliphatic heterocycles. The van der Waals surface area contributed by atoms with E-state index < -0.39 is 0 Å². The molecule has 2 aliphatic rings. The Morgan fingerprint density at radius 3 is 2.58 bits per heavy atom. The van der Waals surface area contributed by atoms with Gasteiger partial charge in [-0.3, -0.25) is 9.69 Å². The lowest BCUT2D eigenvalue weighted by atomic mass is 9.98. The number of benzene rings is 3. The highest BCUT2D eigenvalue weighted by atomic mass is 16.5. The van der Waals surface area contributed by atoms with E-state index in [1.54, 1.807) is 6.08 Å². The van der Waals surface area contributed by atoms with E-state index in [1.807, 2.05) is 61.5 Å². The van der Waals surface area contributed by atoms with Gasteiger partial charge < -0.3 is 9.47 Å². The predicted molar refractivity (Wildman–Crippen MR) is 130 cm³/mol. The smallest absolute Gasteiger partial charge is 0.232 e. The third kappa shape index (κ3) is 4.62. The molecule has 4 heteroatoms. The molecule has 0 amide bonds. The summed E-state index contributed by atoms with van der Waals surface area (Å²) in [5, 5.41) is 0. The molecule has 4 nitrogen and oxygen atoms in total. The van der Waals surface area contributed by atoms with Gasteiger partial charge in [0.1, 0.15) is 18.2 Å². The van der Waals surface area contributed by atoms with Crippen molar-refractivity contribution >= 4 is 11.9 Å². The maximum Gasteiger partial charge on any atom is 0.232 e. The van der Waals surface area contributed by atoms with Gasteiger partial charge in [-0.1, -0.05) is 72.8 Å². The molecule has 166 valence electrons. The highest BCUT2D eigenvalue weighted by Crippen LogP contribution is 2.43. The number of ketones is 1. The van der Waals surface area contributed by atoms with Gasteiger partial charge in [-0.2, -0.15) is 0 Å². The van der Waals surface area contributed by atoms with E-state index in [-0.39, 0.29) is 5.78 Å². The number of hydrogen-bond acceptors (Lipinski definition) is 4. The number of Topliss-reactive ketones (excluding diaryl/α,β-unsaturated/α-hetero) is 1. The van der Waals surface area contributed by atoms with Crippen molar-refractivity contribution in [3.05, 3.63) is 112 Å². The highest BCUT2D eigenvalue weighted by Gasteiger charge is 2.35. The van der Waals surface area contributed by atoms with Crippen molar-refractivity contribution in [1.29, 1.82) is 0 Å². The van der Waals surface area contributed by atoms with E-state index >= 15 is 0 Å². The molecule has 0 saturated heterocycles. The Labute approximate surface area is 194 Å². The number of carbonyl (C=O) groups excluding carboxylic acids is 1. The number of carbonyl (C=O) groups is 1. The van der Waals surface area contributed by atoms with Gasteiger partial charge in [-0.25, -0.2) is 0 Å². The van der Waals surface area contributed by atoms with E-state index in [0.29, 0.717) is 30.3 Å². The maximum absolute atomic E-state index is 13.1. The first-order valence-corrected chi connectivity index (χ1v) is 11.4. The van der Waals surface area contributed by atoms with Crippen LogP contribution in [0.2, 0.25) is 0 Å². The molecule has 0 spiro atoms. The largest absolute Gasteiger partial charge is 0.478 e. The van der Waals surface area contributed by atoms with E-state index in [0.717, 1.165) is 41.8 Å². The monoisotopic (exact) mass is 437 g/mol. The molecule has 5 rings (SSSR count). The number of aryl methyl sites for hydroxylation is 2. The van der Waals surface area contributed by atoms with Crippen LogP contribution >= 0.6 is 0 Å². The maximum atomic E-state index is 13.1. The van der Waals surface area contributed by atoms with Crippen molar-refractivity contribution in [2.45, 2.75) is 26.3 Å². The number of ether oxygens (including phenoxy) is 2. The van der Waals surface area contributed by atoms with Gasteiger partial charge in [0.05, 0.1) is 11.1 Å². The first kappa shape index (κ1) is 21.2. The van der Waals surface area contributed by atoms with E-state index in [9.17, 15) is 4.79 Å². The van der Waals surface area contributed by atoms with Gasteiger partial charge in [-0.05, 0) is 48.6 Å². The molecule has 3 aromatic rings. The Hall–Kier alpha value is -3.63. The first-order chi connectivity index (χ1) is 16.2. The molecule has 0 aromatic heterocycles. The quantitative estimate of drug-likeness (QED) is 0.447. The van der Waals surface area contributed by atoms with Crippen LogP contribution in [0.4, 0.5) is 0 Å². The molecule has 0 N–H and O–H groups in total. The van der Waals surface area contributed by atoms with Crippen LogP contribution in [0.3, 0.4) is 0 Å². The average molecular weight is 438 g/mol. The molecule has 0 atom stereocenters. The minimum Gasteiger partial charge on any atom is -0.478 e. The van der Waals surface area contributed by atoms with E-state index in [1.165, 1.54) is 5.56 Å². The summed E-state index contributed by atoms with van der Waals surface area (Å²) in [6.07, 6.45) is 7.66. The molecular formula is C29H27NO3. The molecule has 0 fully saturated rings. The van der Waals surface area contributed by atoms with Gasteiger partial charge in [0.25, 0.3) is 0 Å². The fourth-order valence-electron chi connectivity index (χ4n) is 4.40. The van der Waals surface area contributed by atoms with Gasteiger partial charge in [0.2, 0.25) is 5.78 Å². The first-order valence-electron chi connectivity index (χ1n) is 11.4. The van der Waals surface area contributed by atoms with Crippen molar-refractivity contribution in [3.8, 4) is 11.5 Å². The van der Waals surface area contributed by atoms with Crippen molar-refractivity contribution in [3.63, 3.8) is 0 Å². The molecule has 0 unspecified atom stereocenters. The molecule has 0 aliphatic carbocycles. The van der Waals surface area contributed by atoms with Gasteiger partial charge >= 0.3 is 0 Å². The highest BCUT2D eigenvalue weighted by molar-refractivity contribution is 6.14. The Morgan fingerprint density at radius 1 is 1.03 bits per heavy atom. The summed E-state index contributed by atoms with van der Waals surface area (Å²) in [5.41, 5.74) is 4.93. The lowest BCUT2D eigenvalue weighted by molar-refractivity contribution is 0.0927. The third-order valence-electron chi connectivity index (χ3n) is 6.11. The number of rotatable bonds is 6. The third-order valence-corrected chi connectivity index (χ3v) is 6.11. The summed E-state index contributed by atoms with van der Waals surface area (Å²) in [6.45, 7) is 4.13. The van der Waals surface area contributed by atoms with Gasteiger partial charge in [-0.15, -0.1) is 0 Å². The fourth-order valence-corrected chi connectivity index (χ4v) is 4.40. The molecular weight excluding hydrogens is 410 g/mol. The molecule has 0 bridgehead atoms. The summed E-state index contributed by atoms with van der Waals surface area (Å²) in [4.78, 5) is 15.3. The zero-order chi connectivity index (χ0) is 22.6. The van der Waals surface area contributed by atoms with Crippen LogP contribution in [-0.2, 0) is 13.0 Å². The predicted octanol–water partition coefficient (Wildman–Crippen LogP) is 5.95. The molecule has 3 aromatic carbocycles. The second-order valence-electron chi connectivity index (χ2n) is 8.52. The van der Waals surface area contributed by atoms with Crippen molar-refractivity contribution < 1.29 is 14.3 Å². The zero-order valence-corrected chi connectivity index (χ0v) is 18.8. The van der Waals surface area contributed by atoms with Crippen LogP contribution in [0, 0.1) is 6.92 Å². The SMILES string of the molecule is Cc1cc2c(c3c1C(=O)/C(=C/C=C/c1ccccc1)O3)CN(CCCc1ccccc1)CO2. The van der Waals surface area contributed by atoms with E-state index in [4.69, 9.17) is 9.47 Å². The van der Waals surface area contributed by atoms with Gasteiger partial charge in [0.15, 0.2) is 5.76 Å². The summed E-state index contributed by atoms with van der Waals surface area (Å²) >= 11 is 0. The second-order valence-corrected chi connectivity index (χ2v) is 8.52. The molecule has 2 heterocycles. The van der Waals surface area contributed by atoms with Crippen LogP contribution in [0.25, 0.3) is 6.08 Å². The summed E-state index contributed by atoms with van der Waals surface area (Å²) in [7, 11) is 0.